The van der Waals surface area contributed by atoms with Gasteiger partial charge in [-0.2, -0.15) is 5.10 Å². The van der Waals surface area contributed by atoms with Crippen molar-refractivity contribution in [3.8, 4) is 5.82 Å². The van der Waals surface area contributed by atoms with Crippen molar-refractivity contribution >= 4 is 17.4 Å². The van der Waals surface area contributed by atoms with Gasteiger partial charge in [0.15, 0.2) is 11.6 Å². The van der Waals surface area contributed by atoms with Crippen LogP contribution in [0.25, 0.3) is 5.82 Å². The first-order chi connectivity index (χ1) is 9.02. The van der Waals surface area contributed by atoms with Crippen molar-refractivity contribution < 1.29 is 4.74 Å². The van der Waals surface area contributed by atoms with Crippen LogP contribution in [0.3, 0.4) is 0 Å². The molecule has 0 bridgehead atoms. The van der Waals surface area contributed by atoms with Crippen molar-refractivity contribution in [2.24, 2.45) is 0 Å². The lowest BCUT2D eigenvalue weighted by Crippen LogP contribution is -2.09. The fraction of sp³-hybridized carbons (Fsp3) is 0.417. The van der Waals surface area contributed by atoms with Crippen molar-refractivity contribution in [3.63, 3.8) is 0 Å². The van der Waals surface area contributed by atoms with Crippen LogP contribution in [0.15, 0.2) is 6.07 Å². The number of rotatable bonds is 4. The van der Waals surface area contributed by atoms with Gasteiger partial charge in [0.05, 0.1) is 16.4 Å². The van der Waals surface area contributed by atoms with E-state index in [2.05, 4.69) is 15.1 Å². The number of anilines is 1. The lowest BCUT2D eigenvalue weighted by Gasteiger charge is -2.07. The first-order valence-electron chi connectivity index (χ1n) is 5.96. The summed E-state index contributed by atoms with van der Waals surface area (Å²) in [6.07, 6.45) is 0. The van der Waals surface area contributed by atoms with Crippen LogP contribution in [0.5, 0.6) is 0 Å². The molecule has 102 valence electrons. The van der Waals surface area contributed by atoms with Gasteiger partial charge >= 0.3 is 0 Å². The van der Waals surface area contributed by atoms with E-state index in [1.807, 2.05) is 20.8 Å². The van der Waals surface area contributed by atoms with Crippen LogP contribution >= 0.6 is 11.6 Å². The van der Waals surface area contributed by atoms with Crippen molar-refractivity contribution in [2.75, 3.05) is 12.3 Å². The van der Waals surface area contributed by atoms with Gasteiger partial charge in [0.25, 0.3) is 0 Å². The number of hydrogen-bond donors (Lipinski definition) is 1. The summed E-state index contributed by atoms with van der Waals surface area (Å²) in [4.78, 5) is 8.51. The minimum Gasteiger partial charge on any atom is -0.384 e. The molecule has 0 aliphatic rings. The standard InChI is InChI=1S/C12H16ClN5O/c1-4-19-6-10-15-9(14)5-11(16-10)18-8(3)12(13)7(2)17-18/h5H,4,6H2,1-3H3,(H2,14,15,16). The maximum atomic E-state index is 6.13. The average molecular weight is 282 g/mol. The van der Waals surface area contributed by atoms with Gasteiger partial charge < -0.3 is 10.5 Å². The zero-order valence-electron chi connectivity index (χ0n) is 11.1. The van der Waals surface area contributed by atoms with Gasteiger partial charge in [-0.25, -0.2) is 14.6 Å². The van der Waals surface area contributed by atoms with Gasteiger partial charge in [0.2, 0.25) is 0 Å². The smallest absolute Gasteiger partial charge is 0.159 e. The summed E-state index contributed by atoms with van der Waals surface area (Å²) in [5.74, 6) is 1.50. The van der Waals surface area contributed by atoms with E-state index in [1.165, 1.54) is 0 Å². The Morgan fingerprint density at radius 2 is 2.11 bits per heavy atom. The van der Waals surface area contributed by atoms with Crippen LogP contribution in [-0.4, -0.2) is 26.4 Å². The molecule has 2 heterocycles. The molecule has 0 saturated heterocycles. The minimum atomic E-state index is 0.321. The number of nitrogen functional groups attached to an aromatic ring is 1. The fourth-order valence-corrected chi connectivity index (χ4v) is 1.83. The molecule has 2 aromatic heterocycles. The largest absolute Gasteiger partial charge is 0.384 e. The Morgan fingerprint density at radius 3 is 2.68 bits per heavy atom. The molecule has 2 rings (SSSR count). The Bertz CT molecular complexity index is 596. The number of nitrogens with zero attached hydrogens (tertiary/aromatic N) is 4. The fourth-order valence-electron chi connectivity index (χ4n) is 1.72. The Kier molecular flexibility index (Phi) is 4.01. The van der Waals surface area contributed by atoms with Gasteiger partial charge in [0, 0.05) is 12.7 Å². The molecule has 0 aromatic carbocycles. The highest BCUT2D eigenvalue weighted by Crippen LogP contribution is 2.22. The number of halogens is 1. The molecule has 0 fully saturated rings. The molecular formula is C12H16ClN5O. The van der Waals surface area contributed by atoms with Crippen molar-refractivity contribution in [2.45, 2.75) is 27.4 Å². The molecule has 19 heavy (non-hydrogen) atoms. The van der Waals surface area contributed by atoms with E-state index in [4.69, 9.17) is 22.1 Å². The van der Waals surface area contributed by atoms with Crippen LogP contribution in [0.2, 0.25) is 5.02 Å². The first kappa shape index (κ1) is 13.8. The third-order valence-electron chi connectivity index (χ3n) is 2.63. The highest BCUT2D eigenvalue weighted by molar-refractivity contribution is 6.31. The molecule has 0 radical (unpaired) electrons. The van der Waals surface area contributed by atoms with E-state index in [-0.39, 0.29) is 0 Å². The van der Waals surface area contributed by atoms with Gasteiger partial charge in [-0.3, -0.25) is 0 Å². The quantitative estimate of drug-likeness (QED) is 0.928. The summed E-state index contributed by atoms with van der Waals surface area (Å²) in [5, 5.41) is 4.97. The van der Waals surface area contributed by atoms with Gasteiger partial charge in [-0.1, -0.05) is 11.6 Å². The normalized spacial score (nSPS) is 10.9. The van der Waals surface area contributed by atoms with E-state index in [0.717, 1.165) is 11.4 Å². The molecule has 2 N–H and O–H groups in total. The second-order valence-electron chi connectivity index (χ2n) is 4.10. The van der Waals surface area contributed by atoms with E-state index in [1.54, 1.807) is 10.7 Å². The predicted octanol–water partition coefficient (Wildman–Crippen LogP) is 2.05. The van der Waals surface area contributed by atoms with Crippen molar-refractivity contribution in [1.82, 2.24) is 19.7 Å². The number of nitrogens with two attached hydrogens (primary N) is 1. The Hall–Kier alpha value is -1.66. The molecule has 0 aliphatic carbocycles. The Morgan fingerprint density at radius 1 is 1.37 bits per heavy atom. The van der Waals surface area contributed by atoms with E-state index < -0.39 is 0 Å². The number of aryl methyl sites for hydroxylation is 1. The molecule has 2 aromatic rings. The second-order valence-corrected chi connectivity index (χ2v) is 4.48. The zero-order valence-corrected chi connectivity index (χ0v) is 11.9. The van der Waals surface area contributed by atoms with E-state index >= 15 is 0 Å². The third kappa shape index (κ3) is 2.85. The maximum absolute atomic E-state index is 6.13. The monoisotopic (exact) mass is 281 g/mol. The maximum Gasteiger partial charge on any atom is 0.159 e. The lowest BCUT2D eigenvalue weighted by molar-refractivity contribution is 0.128. The van der Waals surface area contributed by atoms with Gasteiger partial charge in [0.1, 0.15) is 12.4 Å². The zero-order chi connectivity index (χ0) is 14.0. The van der Waals surface area contributed by atoms with Crippen LogP contribution in [0.4, 0.5) is 5.82 Å². The lowest BCUT2D eigenvalue weighted by atomic mass is 10.4. The number of hydrogen-bond acceptors (Lipinski definition) is 5. The molecule has 0 amide bonds. The first-order valence-corrected chi connectivity index (χ1v) is 6.34. The Balaban J connectivity index is 2.43. The molecule has 0 atom stereocenters. The molecular weight excluding hydrogens is 266 g/mol. The SMILES string of the molecule is CCOCc1nc(N)cc(-n2nc(C)c(Cl)c2C)n1. The Labute approximate surface area is 116 Å². The number of ether oxygens (including phenoxy) is 1. The van der Waals surface area contributed by atoms with Crippen molar-refractivity contribution in [3.05, 3.63) is 28.3 Å². The third-order valence-corrected chi connectivity index (χ3v) is 3.18. The van der Waals surface area contributed by atoms with Crippen LogP contribution in [0.1, 0.15) is 24.1 Å². The van der Waals surface area contributed by atoms with Gasteiger partial charge in [-0.05, 0) is 20.8 Å². The minimum absolute atomic E-state index is 0.321. The molecule has 0 aliphatic heterocycles. The summed E-state index contributed by atoms with van der Waals surface area (Å²) in [7, 11) is 0. The molecule has 6 nitrogen and oxygen atoms in total. The van der Waals surface area contributed by atoms with Crippen LogP contribution in [-0.2, 0) is 11.3 Å². The molecule has 0 saturated carbocycles. The van der Waals surface area contributed by atoms with Crippen LogP contribution < -0.4 is 5.73 Å². The molecule has 0 unspecified atom stereocenters. The highest BCUT2D eigenvalue weighted by Gasteiger charge is 2.13. The average Bonchev–Trinajstić information content (AvgIpc) is 2.63. The number of aromatic nitrogens is 4. The second kappa shape index (κ2) is 5.54. The molecule has 0 spiro atoms. The summed E-state index contributed by atoms with van der Waals surface area (Å²) < 4.78 is 6.95. The van der Waals surface area contributed by atoms with Gasteiger partial charge in [-0.15, -0.1) is 0 Å². The summed E-state index contributed by atoms with van der Waals surface area (Å²) in [6, 6.07) is 1.66. The van der Waals surface area contributed by atoms with Crippen molar-refractivity contribution in [1.29, 1.82) is 0 Å². The van der Waals surface area contributed by atoms with Crippen LogP contribution in [0, 0.1) is 13.8 Å². The summed E-state index contributed by atoms with van der Waals surface area (Å²) >= 11 is 6.13. The topological polar surface area (TPSA) is 78.9 Å². The highest BCUT2D eigenvalue weighted by atomic mass is 35.5. The van der Waals surface area contributed by atoms with E-state index in [0.29, 0.717) is 35.7 Å². The molecule has 7 heteroatoms. The summed E-state index contributed by atoms with van der Waals surface area (Å²) in [6.45, 7) is 6.55. The van der Waals surface area contributed by atoms with E-state index in [9.17, 15) is 0 Å². The summed E-state index contributed by atoms with van der Waals surface area (Å²) in [5.41, 5.74) is 7.35. The predicted molar refractivity (Wildman–Crippen MR) is 73.4 cm³/mol.